The van der Waals surface area contributed by atoms with Crippen LogP contribution in [0.1, 0.15) is 58.4 Å². The molecule has 0 aromatic carbocycles. The van der Waals surface area contributed by atoms with Gasteiger partial charge in [-0.05, 0) is 39.0 Å². The minimum absolute atomic E-state index is 0.0880. The van der Waals surface area contributed by atoms with Crippen LogP contribution in [0, 0.1) is 0 Å². The number of hydrogen-bond donors (Lipinski definition) is 1. The van der Waals surface area contributed by atoms with Crippen LogP contribution in [0.3, 0.4) is 0 Å². The Morgan fingerprint density at radius 3 is 3.00 bits per heavy atom. The van der Waals surface area contributed by atoms with Gasteiger partial charge in [0.2, 0.25) is 0 Å². The molecule has 1 aliphatic heterocycles. The van der Waals surface area contributed by atoms with Crippen LogP contribution in [0.5, 0.6) is 0 Å². The molecule has 0 radical (unpaired) electrons. The van der Waals surface area contributed by atoms with Crippen LogP contribution in [0.15, 0.2) is 17.1 Å². The van der Waals surface area contributed by atoms with Crippen molar-refractivity contribution in [2.24, 2.45) is 0 Å². The third-order valence-corrected chi connectivity index (χ3v) is 4.55. The first-order valence-corrected chi connectivity index (χ1v) is 9.70. The van der Waals surface area contributed by atoms with Gasteiger partial charge >= 0.3 is 5.97 Å². The molecule has 0 saturated heterocycles. The molecule has 28 heavy (non-hydrogen) atoms. The number of aromatic nitrogens is 3. The van der Waals surface area contributed by atoms with E-state index in [1.165, 1.54) is 12.7 Å². The molecule has 0 fully saturated rings. The normalized spacial score (nSPS) is 15.4. The Hall–Kier alpha value is -2.68. The molecule has 9 nitrogen and oxygen atoms in total. The summed E-state index contributed by atoms with van der Waals surface area (Å²) in [5, 5.41) is 7.60. The van der Waals surface area contributed by atoms with Gasteiger partial charge in [0.25, 0.3) is 5.91 Å². The molecule has 152 valence electrons. The van der Waals surface area contributed by atoms with Crippen molar-refractivity contribution in [3.05, 3.63) is 35.3 Å². The number of hydrogen-bond acceptors (Lipinski definition) is 7. The van der Waals surface area contributed by atoms with E-state index in [9.17, 15) is 9.59 Å². The van der Waals surface area contributed by atoms with Gasteiger partial charge in [-0.3, -0.25) is 9.48 Å². The monoisotopic (exact) mass is 390 g/mol. The minimum Gasteiger partial charge on any atom is -0.461 e. The third kappa shape index (κ3) is 4.98. The Morgan fingerprint density at radius 1 is 1.36 bits per heavy atom. The molecule has 0 atom stereocenters. The van der Waals surface area contributed by atoms with E-state index in [0.29, 0.717) is 44.8 Å². The third-order valence-electron chi connectivity index (χ3n) is 4.55. The Kier molecular flexibility index (Phi) is 7.18. The number of aryl methyl sites for hydroxylation is 2. The number of oxazole rings is 1. The van der Waals surface area contributed by atoms with E-state index < -0.39 is 5.97 Å². The summed E-state index contributed by atoms with van der Waals surface area (Å²) >= 11 is 0. The molecule has 1 amide bonds. The van der Waals surface area contributed by atoms with Crippen molar-refractivity contribution in [2.45, 2.75) is 45.6 Å². The SMILES string of the molecule is CCn1nc(CCCOC(=O)c2cocn2)c2c1C(=O)NCCCOCCC2. The first kappa shape index (κ1) is 20.1. The molecule has 9 heteroatoms. The smallest absolute Gasteiger partial charge is 0.360 e. The summed E-state index contributed by atoms with van der Waals surface area (Å²) in [6, 6.07) is 0. The summed E-state index contributed by atoms with van der Waals surface area (Å²) in [6.07, 6.45) is 6.03. The maximum Gasteiger partial charge on any atom is 0.360 e. The second kappa shape index (κ2) is 10.0. The lowest BCUT2D eigenvalue weighted by Gasteiger charge is -2.08. The molecule has 0 unspecified atom stereocenters. The lowest BCUT2D eigenvalue weighted by molar-refractivity contribution is 0.0493. The highest BCUT2D eigenvalue weighted by atomic mass is 16.5. The lowest BCUT2D eigenvalue weighted by Crippen LogP contribution is -2.28. The molecular weight excluding hydrogens is 364 g/mol. The van der Waals surface area contributed by atoms with Crippen molar-refractivity contribution < 1.29 is 23.5 Å². The molecule has 0 bridgehead atoms. The van der Waals surface area contributed by atoms with E-state index in [1.54, 1.807) is 4.68 Å². The van der Waals surface area contributed by atoms with Gasteiger partial charge in [-0.25, -0.2) is 9.78 Å². The molecule has 3 heterocycles. The number of carbonyl (C=O) groups is 2. The van der Waals surface area contributed by atoms with E-state index >= 15 is 0 Å². The number of carbonyl (C=O) groups excluding carboxylic acids is 2. The molecule has 2 aromatic rings. The molecule has 0 spiro atoms. The van der Waals surface area contributed by atoms with Gasteiger partial charge in [0.1, 0.15) is 12.0 Å². The molecule has 1 aliphatic rings. The fraction of sp³-hybridized carbons (Fsp3) is 0.579. The summed E-state index contributed by atoms with van der Waals surface area (Å²) < 4.78 is 17.3. The van der Waals surface area contributed by atoms with Crippen LogP contribution in [0.2, 0.25) is 0 Å². The number of ether oxygens (including phenoxy) is 2. The summed E-state index contributed by atoms with van der Waals surface area (Å²) in [7, 11) is 0. The predicted molar refractivity (Wildman–Crippen MR) is 99.1 cm³/mol. The van der Waals surface area contributed by atoms with Crippen molar-refractivity contribution in [1.82, 2.24) is 20.1 Å². The standard InChI is InChI=1S/C19H26N4O5/c1-2-23-17-14(6-3-9-26-10-5-8-20-18(17)24)15(22-23)7-4-11-28-19(25)16-12-27-13-21-16/h12-13H,2-11H2,1H3,(H,20,24). The predicted octanol–water partition coefficient (Wildman–Crippen LogP) is 1.76. The maximum absolute atomic E-state index is 12.7. The Morgan fingerprint density at radius 2 is 2.21 bits per heavy atom. The number of rotatable bonds is 6. The van der Waals surface area contributed by atoms with E-state index in [1.807, 2.05) is 6.92 Å². The summed E-state index contributed by atoms with van der Waals surface area (Å²) in [5.41, 5.74) is 2.64. The van der Waals surface area contributed by atoms with Crippen molar-refractivity contribution >= 4 is 11.9 Å². The van der Waals surface area contributed by atoms with Crippen molar-refractivity contribution in [2.75, 3.05) is 26.4 Å². The summed E-state index contributed by atoms with van der Waals surface area (Å²) in [4.78, 5) is 28.2. The van der Waals surface area contributed by atoms with Gasteiger partial charge in [0, 0.05) is 31.9 Å². The molecule has 0 saturated carbocycles. The number of fused-ring (bicyclic) bond motifs is 1. The first-order valence-electron chi connectivity index (χ1n) is 9.70. The quantitative estimate of drug-likeness (QED) is 0.591. The van der Waals surface area contributed by atoms with E-state index in [4.69, 9.17) is 13.9 Å². The van der Waals surface area contributed by atoms with E-state index in [0.717, 1.165) is 30.5 Å². The van der Waals surface area contributed by atoms with E-state index in [-0.39, 0.29) is 18.2 Å². The average Bonchev–Trinajstić information content (AvgIpc) is 3.34. The molecule has 0 aliphatic carbocycles. The maximum atomic E-state index is 12.7. The van der Waals surface area contributed by atoms with Crippen LogP contribution in [0.25, 0.3) is 0 Å². The molecule has 3 rings (SSSR count). The number of nitrogens with zero attached hydrogens (tertiary/aromatic N) is 3. The van der Waals surface area contributed by atoms with E-state index in [2.05, 4.69) is 15.4 Å². The van der Waals surface area contributed by atoms with Crippen LogP contribution < -0.4 is 5.32 Å². The average molecular weight is 390 g/mol. The highest BCUT2D eigenvalue weighted by molar-refractivity contribution is 5.94. The van der Waals surface area contributed by atoms with Gasteiger partial charge in [0.15, 0.2) is 12.1 Å². The topological polar surface area (TPSA) is 108 Å². The number of nitrogens with one attached hydrogen (secondary N) is 1. The summed E-state index contributed by atoms with van der Waals surface area (Å²) in [5.74, 6) is -0.598. The molecular formula is C19H26N4O5. The van der Waals surface area contributed by atoms with Gasteiger partial charge in [0.05, 0.1) is 12.3 Å². The zero-order valence-electron chi connectivity index (χ0n) is 16.1. The lowest BCUT2D eigenvalue weighted by atomic mass is 10.0. The second-order valence-corrected chi connectivity index (χ2v) is 6.53. The number of amides is 1. The van der Waals surface area contributed by atoms with Crippen molar-refractivity contribution in [3.8, 4) is 0 Å². The Bertz CT molecular complexity index is 785. The highest BCUT2D eigenvalue weighted by Gasteiger charge is 2.23. The van der Waals surface area contributed by atoms with Crippen LogP contribution in [-0.2, 0) is 28.9 Å². The van der Waals surface area contributed by atoms with Gasteiger partial charge in [-0.15, -0.1) is 0 Å². The highest BCUT2D eigenvalue weighted by Crippen LogP contribution is 2.19. The van der Waals surface area contributed by atoms with Gasteiger partial charge in [-0.2, -0.15) is 5.10 Å². The summed E-state index contributed by atoms with van der Waals surface area (Å²) in [6.45, 7) is 4.74. The first-order chi connectivity index (χ1) is 13.7. The minimum atomic E-state index is -0.510. The zero-order chi connectivity index (χ0) is 19.8. The number of esters is 1. The largest absolute Gasteiger partial charge is 0.461 e. The van der Waals surface area contributed by atoms with Gasteiger partial charge < -0.3 is 19.2 Å². The van der Waals surface area contributed by atoms with Crippen LogP contribution in [-0.4, -0.2) is 53.0 Å². The second-order valence-electron chi connectivity index (χ2n) is 6.53. The molecule has 2 aromatic heterocycles. The fourth-order valence-corrected chi connectivity index (χ4v) is 3.20. The van der Waals surface area contributed by atoms with Crippen LogP contribution in [0.4, 0.5) is 0 Å². The zero-order valence-corrected chi connectivity index (χ0v) is 16.1. The Labute approximate surface area is 163 Å². The van der Waals surface area contributed by atoms with Gasteiger partial charge in [-0.1, -0.05) is 0 Å². The van der Waals surface area contributed by atoms with Crippen molar-refractivity contribution in [1.29, 1.82) is 0 Å². The fourth-order valence-electron chi connectivity index (χ4n) is 3.20. The van der Waals surface area contributed by atoms with Crippen LogP contribution >= 0.6 is 0 Å². The van der Waals surface area contributed by atoms with Crippen molar-refractivity contribution in [3.63, 3.8) is 0 Å². The molecule has 1 N–H and O–H groups in total. The Balaban J connectivity index is 1.66.